The maximum atomic E-state index is 5.95. The average Bonchev–Trinajstić information content (AvgIpc) is 2.29. The Balaban J connectivity index is 3.28. The highest BCUT2D eigenvalue weighted by molar-refractivity contribution is 6.55. The first-order chi connectivity index (χ1) is 7.40. The van der Waals surface area contributed by atoms with Crippen LogP contribution in [0.1, 0.15) is 0 Å². The first kappa shape index (κ1) is 15.4. The molecule has 0 bridgehead atoms. The predicted molar refractivity (Wildman–Crippen MR) is 75.1 cm³/mol. The zero-order valence-electron chi connectivity index (χ0n) is 7.96. The van der Waals surface area contributed by atoms with Crippen LogP contribution in [0.4, 0.5) is 0 Å². The summed E-state index contributed by atoms with van der Waals surface area (Å²) in [5.74, 6) is 0.165. The van der Waals surface area contributed by atoms with E-state index in [0.29, 0.717) is 5.28 Å². The molecule has 1 nitrogen and oxygen atoms in total. The second-order valence-corrected chi connectivity index (χ2v) is 6.03. The number of hydrogen-bond acceptors (Lipinski definition) is 1. The minimum absolute atomic E-state index is 0.0997. The first-order valence-electron chi connectivity index (χ1n) is 4.22. The second kappa shape index (κ2) is 6.46. The minimum atomic E-state index is -0.505. The van der Waals surface area contributed by atoms with Crippen LogP contribution in [0.15, 0.2) is 0 Å². The molecule has 8 heteroatoms. The Hall–Kier alpha value is 1.29. The lowest BCUT2D eigenvalue weighted by molar-refractivity contribution is 0.302. The van der Waals surface area contributed by atoms with Crippen LogP contribution in [0.5, 0.6) is 5.75 Å². The molecule has 0 aromatic heterocycles. The maximum Gasteiger partial charge on any atom is 0.219 e. The van der Waals surface area contributed by atoms with Crippen LogP contribution in [0.2, 0.25) is 30.4 Å². The van der Waals surface area contributed by atoms with Crippen molar-refractivity contribution >= 4 is 85.9 Å². The summed E-state index contributed by atoms with van der Waals surface area (Å²) in [6, 6.07) is 0. The van der Waals surface area contributed by atoms with E-state index in [1.54, 1.807) is 0 Å². The predicted octanol–water partition coefficient (Wildman–Crippen LogP) is 4.95. The highest BCUT2D eigenvalue weighted by Crippen LogP contribution is 2.48. The third-order valence-electron chi connectivity index (χ3n) is 1.74. The standard InChI is InChI=1S/C8H3Cl6O.Al.2H/c1-2(9)15-8-6(13)4(11)3(10)5(12)7(8)14;;;/h2H,1H2;;;. The van der Waals surface area contributed by atoms with Gasteiger partial charge >= 0.3 is 0 Å². The van der Waals surface area contributed by atoms with Gasteiger partial charge in [-0.2, -0.15) is 0 Å². The van der Waals surface area contributed by atoms with Crippen molar-refractivity contribution in [3.63, 3.8) is 0 Å². The van der Waals surface area contributed by atoms with Crippen LogP contribution in [0, 0.1) is 0 Å². The van der Waals surface area contributed by atoms with Gasteiger partial charge in [-0.15, -0.1) is 0 Å². The third kappa shape index (κ3) is 3.19. The Morgan fingerprint density at radius 3 is 1.62 bits per heavy atom. The van der Waals surface area contributed by atoms with E-state index in [4.69, 9.17) is 74.3 Å². The molecular formula is C8H5AlCl6O. The SMILES string of the molecule is [AlH2][CH2]C(Cl)Oc1c(Cl)c(Cl)c(Cl)c(Cl)c1Cl. The van der Waals surface area contributed by atoms with Crippen LogP contribution >= 0.6 is 69.6 Å². The molecule has 1 aromatic carbocycles. The molecule has 0 aliphatic carbocycles. The number of rotatable bonds is 3. The first-order valence-corrected chi connectivity index (χ1v) is 7.96. The summed E-state index contributed by atoms with van der Waals surface area (Å²) in [6.45, 7) is 0. The maximum absolute atomic E-state index is 5.95. The van der Waals surface area contributed by atoms with Gasteiger partial charge in [0.1, 0.15) is 10.0 Å². The van der Waals surface area contributed by atoms with Crippen molar-refractivity contribution in [2.75, 3.05) is 0 Å². The van der Waals surface area contributed by atoms with Crippen LogP contribution in [0.3, 0.4) is 0 Å². The number of hydrogen-bond donors (Lipinski definition) is 0. The largest absolute Gasteiger partial charge is 0.473 e. The Kier molecular flexibility index (Phi) is 6.19. The number of alkyl halides is 1. The van der Waals surface area contributed by atoms with E-state index >= 15 is 0 Å². The van der Waals surface area contributed by atoms with Gasteiger partial charge in [-0.1, -0.05) is 74.9 Å². The number of ether oxygens (including phenoxy) is 1. The van der Waals surface area contributed by atoms with Crippen molar-refractivity contribution < 1.29 is 4.74 Å². The van der Waals surface area contributed by atoms with Crippen LogP contribution in [0.25, 0.3) is 0 Å². The van der Waals surface area contributed by atoms with Crippen molar-refractivity contribution in [2.45, 2.75) is 10.8 Å². The molecule has 1 aromatic rings. The van der Waals surface area contributed by atoms with Crippen molar-refractivity contribution in [3.05, 3.63) is 25.1 Å². The average molecular weight is 357 g/mol. The molecule has 88 valence electrons. The highest BCUT2D eigenvalue weighted by Gasteiger charge is 2.21. The van der Waals surface area contributed by atoms with Gasteiger partial charge in [-0.25, -0.2) is 0 Å². The molecule has 1 unspecified atom stereocenters. The van der Waals surface area contributed by atoms with E-state index in [9.17, 15) is 0 Å². The molecule has 0 aliphatic rings. The van der Waals surface area contributed by atoms with E-state index in [-0.39, 0.29) is 30.9 Å². The lowest BCUT2D eigenvalue weighted by Gasteiger charge is -2.16. The Labute approximate surface area is 131 Å². The van der Waals surface area contributed by atoms with E-state index in [1.807, 2.05) is 0 Å². The van der Waals surface area contributed by atoms with Crippen molar-refractivity contribution in [1.82, 2.24) is 0 Å². The Morgan fingerprint density at radius 1 is 0.875 bits per heavy atom. The molecule has 1 atom stereocenters. The normalized spacial score (nSPS) is 12.6. The number of benzene rings is 1. The molecule has 0 amide bonds. The molecule has 0 heterocycles. The van der Waals surface area contributed by atoms with E-state index in [1.165, 1.54) is 0 Å². The van der Waals surface area contributed by atoms with Crippen molar-refractivity contribution in [1.29, 1.82) is 0 Å². The van der Waals surface area contributed by atoms with Gasteiger partial charge in [0.25, 0.3) is 0 Å². The van der Waals surface area contributed by atoms with Gasteiger partial charge in [0, 0.05) is 0 Å². The fraction of sp³-hybridized carbons (Fsp3) is 0.250. The lowest BCUT2D eigenvalue weighted by atomic mass is 10.3. The van der Waals surface area contributed by atoms with Crippen LogP contribution < -0.4 is 4.74 Å². The molecule has 0 N–H and O–H groups in total. The van der Waals surface area contributed by atoms with Gasteiger partial charge in [0.05, 0.1) is 15.1 Å². The van der Waals surface area contributed by atoms with Gasteiger partial charge in [0.15, 0.2) is 11.3 Å². The van der Waals surface area contributed by atoms with Crippen LogP contribution in [-0.2, 0) is 0 Å². The van der Waals surface area contributed by atoms with Gasteiger partial charge in [0.2, 0.25) is 16.3 Å². The summed E-state index contributed by atoms with van der Waals surface area (Å²) < 4.78 is 5.35. The Morgan fingerprint density at radius 2 is 1.25 bits per heavy atom. The molecular weight excluding hydrogens is 352 g/mol. The van der Waals surface area contributed by atoms with Gasteiger partial charge in [-0.05, 0) is 0 Å². The number of halogens is 6. The van der Waals surface area contributed by atoms with Gasteiger partial charge < -0.3 is 4.74 Å². The van der Waals surface area contributed by atoms with Crippen LogP contribution in [-0.4, -0.2) is 21.9 Å². The fourth-order valence-electron chi connectivity index (χ4n) is 0.899. The third-order valence-corrected chi connectivity index (χ3v) is 5.64. The molecule has 1 rings (SSSR count). The summed E-state index contributed by atoms with van der Waals surface area (Å²) in [5, 5.41) is 1.24. The van der Waals surface area contributed by atoms with E-state index in [2.05, 4.69) is 0 Å². The molecule has 0 aliphatic heterocycles. The zero-order valence-corrected chi connectivity index (χ0v) is 14.5. The summed E-state index contributed by atoms with van der Waals surface area (Å²) in [6.07, 6.45) is 0. The molecule has 0 radical (unpaired) electrons. The van der Waals surface area contributed by atoms with E-state index in [0.717, 1.165) is 16.3 Å². The highest BCUT2D eigenvalue weighted by atomic mass is 35.5. The summed E-state index contributed by atoms with van der Waals surface area (Å²) in [7, 11) is 0. The molecule has 0 saturated carbocycles. The smallest absolute Gasteiger partial charge is 0.219 e. The minimum Gasteiger partial charge on any atom is -0.473 e. The summed E-state index contributed by atoms with van der Waals surface area (Å²) >= 11 is 36.2. The van der Waals surface area contributed by atoms with Gasteiger partial charge in [-0.3, -0.25) is 0 Å². The fourth-order valence-corrected chi connectivity index (χ4v) is 2.37. The van der Waals surface area contributed by atoms with Crippen molar-refractivity contribution in [3.8, 4) is 5.75 Å². The molecule has 0 spiro atoms. The molecule has 0 saturated heterocycles. The topological polar surface area (TPSA) is 9.23 Å². The van der Waals surface area contributed by atoms with Crippen molar-refractivity contribution in [2.24, 2.45) is 0 Å². The summed E-state index contributed by atoms with van der Waals surface area (Å²) in [4.78, 5) is 0. The molecule has 16 heavy (non-hydrogen) atoms. The second-order valence-electron chi connectivity index (χ2n) is 2.84. The van der Waals surface area contributed by atoms with E-state index < -0.39 is 5.56 Å². The summed E-state index contributed by atoms with van der Waals surface area (Å²) in [5.41, 5.74) is -0.505. The Bertz CT molecular complexity index is 381. The monoisotopic (exact) mass is 354 g/mol. The molecule has 0 fully saturated rings. The lowest BCUT2D eigenvalue weighted by Crippen LogP contribution is -2.08. The quantitative estimate of drug-likeness (QED) is 0.322. The zero-order chi connectivity index (χ0) is 12.5.